The van der Waals surface area contributed by atoms with E-state index in [-0.39, 0.29) is 28.8 Å². The molecular formula is C26H33FO8S. The maximum atomic E-state index is 14.5. The first-order valence-corrected chi connectivity index (χ1v) is 13.2. The standard InChI is InChI=1S/C26H33FO8S/c1-4-34-26(28)20(2)18-21-6-11-25(24(27)19-21)35-22-7-9-23(10-8-22)36(29,30)17-5-12-32-15-16-33-14-13-31-3/h6-11,18-19H,4-5,12-17H2,1-3H3/b20-18+. The Morgan fingerprint density at radius 2 is 1.64 bits per heavy atom. The van der Waals surface area contributed by atoms with Gasteiger partial charge in [-0.05, 0) is 68.3 Å². The van der Waals surface area contributed by atoms with Crippen LogP contribution in [0.15, 0.2) is 52.9 Å². The second-order valence-corrected chi connectivity index (χ2v) is 9.81. The van der Waals surface area contributed by atoms with Crippen molar-refractivity contribution in [3.05, 3.63) is 59.4 Å². The minimum absolute atomic E-state index is 0.0279. The van der Waals surface area contributed by atoms with Gasteiger partial charge in [-0.3, -0.25) is 0 Å². The normalized spacial score (nSPS) is 11.9. The minimum Gasteiger partial charge on any atom is -0.463 e. The Hall–Kier alpha value is -2.79. The molecule has 0 amide bonds. The van der Waals surface area contributed by atoms with E-state index in [9.17, 15) is 17.6 Å². The maximum absolute atomic E-state index is 14.5. The van der Waals surface area contributed by atoms with Gasteiger partial charge in [0.25, 0.3) is 0 Å². The van der Waals surface area contributed by atoms with Crippen molar-refractivity contribution in [2.24, 2.45) is 0 Å². The molecule has 0 unspecified atom stereocenters. The molecule has 0 aromatic heterocycles. The first-order valence-electron chi connectivity index (χ1n) is 11.6. The fraction of sp³-hybridized carbons (Fsp3) is 0.423. The summed E-state index contributed by atoms with van der Waals surface area (Å²) >= 11 is 0. The van der Waals surface area contributed by atoms with Crippen LogP contribution in [0.1, 0.15) is 25.8 Å². The van der Waals surface area contributed by atoms with Gasteiger partial charge in [0.05, 0.1) is 43.7 Å². The van der Waals surface area contributed by atoms with Crippen LogP contribution in [0.4, 0.5) is 4.39 Å². The third kappa shape index (κ3) is 10.1. The Bertz CT molecular complexity index is 1100. The van der Waals surface area contributed by atoms with E-state index in [1.54, 1.807) is 27.0 Å². The van der Waals surface area contributed by atoms with E-state index in [1.807, 2.05) is 0 Å². The molecule has 0 spiro atoms. The third-order valence-electron chi connectivity index (χ3n) is 4.85. The molecule has 0 aliphatic heterocycles. The van der Waals surface area contributed by atoms with Gasteiger partial charge in [-0.15, -0.1) is 0 Å². The number of hydrogen-bond acceptors (Lipinski definition) is 8. The first-order chi connectivity index (χ1) is 17.3. The second kappa shape index (κ2) is 15.4. The summed E-state index contributed by atoms with van der Waals surface area (Å²) in [4.78, 5) is 11.9. The highest BCUT2D eigenvalue weighted by Crippen LogP contribution is 2.27. The van der Waals surface area contributed by atoms with E-state index in [0.29, 0.717) is 50.6 Å². The van der Waals surface area contributed by atoms with E-state index < -0.39 is 21.6 Å². The summed E-state index contributed by atoms with van der Waals surface area (Å²) in [5, 5.41) is 0. The lowest BCUT2D eigenvalue weighted by Crippen LogP contribution is -2.12. The molecule has 0 heterocycles. The molecule has 2 rings (SSSR count). The van der Waals surface area contributed by atoms with Crippen molar-refractivity contribution in [1.29, 1.82) is 0 Å². The monoisotopic (exact) mass is 524 g/mol. The molecule has 198 valence electrons. The van der Waals surface area contributed by atoms with Gasteiger partial charge < -0.3 is 23.7 Å². The van der Waals surface area contributed by atoms with E-state index in [1.165, 1.54) is 42.5 Å². The lowest BCUT2D eigenvalue weighted by atomic mass is 10.1. The minimum atomic E-state index is -3.49. The van der Waals surface area contributed by atoms with E-state index in [2.05, 4.69) is 0 Å². The Kier molecular flexibility index (Phi) is 12.6. The van der Waals surface area contributed by atoms with Gasteiger partial charge in [-0.2, -0.15) is 0 Å². The summed E-state index contributed by atoms with van der Waals surface area (Å²) in [5.74, 6) is -0.895. The van der Waals surface area contributed by atoms with Gasteiger partial charge in [0.1, 0.15) is 5.75 Å². The van der Waals surface area contributed by atoms with Crippen molar-refractivity contribution < 1.29 is 41.3 Å². The fourth-order valence-corrected chi connectivity index (χ4v) is 4.30. The van der Waals surface area contributed by atoms with Crippen molar-refractivity contribution in [3.8, 4) is 11.5 Å². The maximum Gasteiger partial charge on any atom is 0.333 e. The lowest BCUT2D eigenvalue weighted by Gasteiger charge is -2.10. The summed E-state index contributed by atoms with van der Waals surface area (Å²) < 4.78 is 65.6. The molecule has 8 nitrogen and oxygen atoms in total. The fourth-order valence-electron chi connectivity index (χ4n) is 3.02. The lowest BCUT2D eigenvalue weighted by molar-refractivity contribution is -0.138. The number of hydrogen-bond donors (Lipinski definition) is 0. The Morgan fingerprint density at radius 1 is 0.972 bits per heavy atom. The van der Waals surface area contributed by atoms with Gasteiger partial charge in [0.2, 0.25) is 0 Å². The van der Waals surface area contributed by atoms with Crippen LogP contribution in [0, 0.1) is 5.82 Å². The largest absolute Gasteiger partial charge is 0.463 e. The SMILES string of the molecule is CCOC(=O)/C(C)=C/c1ccc(Oc2ccc(S(=O)(=O)CCCOCCOCCOC)cc2)c(F)c1. The number of carbonyl (C=O) groups is 1. The summed E-state index contributed by atoms with van der Waals surface area (Å²) in [6.45, 7) is 5.66. The van der Waals surface area contributed by atoms with Crippen molar-refractivity contribution in [2.75, 3.05) is 52.5 Å². The van der Waals surface area contributed by atoms with Crippen LogP contribution >= 0.6 is 0 Å². The van der Waals surface area contributed by atoms with E-state index in [0.717, 1.165) is 0 Å². The van der Waals surface area contributed by atoms with E-state index >= 15 is 0 Å². The van der Waals surface area contributed by atoms with Gasteiger partial charge in [0.15, 0.2) is 21.4 Å². The summed E-state index contributed by atoms with van der Waals surface area (Å²) in [7, 11) is -1.90. The topological polar surface area (TPSA) is 97.4 Å². The quantitative estimate of drug-likeness (QED) is 0.181. The predicted octanol–water partition coefficient (Wildman–Crippen LogP) is 4.43. The number of halogens is 1. The molecule has 0 aliphatic carbocycles. The summed E-state index contributed by atoms with van der Waals surface area (Å²) in [6.07, 6.45) is 1.87. The molecule has 2 aromatic carbocycles. The van der Waals surface area contributed by atoms with Crippen molar-refractivity contribution >= 4 is 21.9 Å². The van der Waals surface area contributed by atoms with Crippen LogP contribution in [0.2, 0.25) is 0 Å². The van der Waals surface area contributed by atoms with Gasteiger partial charge >= 0.3 is 5.97 Å². The Labute approximate surface area is 211 Å². The van der Waals surface area contributed by atoms with Crippen molar-refractivity contribution in [3.63, 3.8) is 0 Å². The highest BCUT2D eigenvalue weighted by molar-refractivity contribution is 7.91. The Morgan fingerprint density at radius 3 is 2.28 bits per heavy atom. The number of carbonyl (C=O) groups excluding carboxylic acids is 1. The number of esters is 1. The number of sulfone groups is 1. The molecule has 0 bridgehead atoms. The number of ether oxygens (including phenoxy) is 5. The van der Waals surface area contributed by atoms with Crippen LogP contribution in [-0.4, -0.2) is 66.9 Å². The smallest absolute Gasteiger partial charge is 0.333 e. The van der Waals surface area contributed by atoms with Gasteiger partial charge in [-0.1, -0.05) is 6.07 Å². The molecule has 0 N–H and O–H groups in total. The summed E-state index contributed by atoms with van der Waals surface area (Å²) in [6, 6.07) is 10.1. The molecule has 0 saturated carbocycles. The zero-order valence-electron chi connectivity index (χ0n) is 20.8. The number of rotatable bonds is 16. The first kappa shape index (κ1) is 29.4. The summed E-state index contributed by atoms with van der Waals surface area (Å²) in [5.41, 5.74) is 0.828. The molecule has 0 aliphatic rings. The molecule has 0 saturated heterocycles. The average Bonchev–Trinajstić information content (AvgIpc) is 2.85. The van der Waals surface area contributed by atoms with Gasteiger partial charge in [-0.25, -0.2) is 17.6 Å². The van der Waals surface area contributed by atoms with Crippen LogP contribution < -0.4 is 4.74 Å². The zero-order chi connectivity index (χ0) is 26.4. The molecule has 10 heteroatoms. The van der Waals surface area contributed by atoms with Crippen LogP contribution in [0.3, 0.4) is 0 Å². The van der Waals surface area contributed by atoms with Crippen molar-refractivity contribution in [1.82, 2.24) is 0 Å². The van der Waals surface area contributed by atoms with Crippen LogP contribution in [-0.2, 0) is 33.6 Å². The van der Waals surface area contributed by atoms with Crippen molar-refractivity contribution in [2.45, 2.75) is 25.2 Å². The number of methoxy groups -OCH3 is 1. The molecule has 36 heavy (non-hydrogen) atoms. The molecule has 0 fully saturated rings. The van der Waals surface area contributed by atoms with Crippen LogP contribution in [0.25, 0.3) is 6.08 Å². The molecule has 0 atom stereocenters. The molecule has 2 aromatic rings. The molecule has 0 radical (unpaired) electrons. The van der Waals surface area contributed by atoms with Crippen LogP contribution in [0.5, 0.6) is 11.5 Å². The average molecular weight is 525 g/mol. The van der Waals surface area contributed by atoms with Gasteiger partial charge in [0, 0.05) is 19.3 Å². The Balaban J connectivity index is 1.87. The second-order valence-electron chi connectivity index (χ2n) is 7.70. The predicted molar refractivity (Wildman–Crippen MR) is 133 cm³/mol. The molecular weight excluding hydrogens is 491 g/mol. The highest BCUT2D eigenvalue weighted by atomic mass is 32.2. The highest BCUT2D eigenvalue weighted by Gasteiger charge is 2.15. The third-order valence-corrected chi connectivity index (χ3v) is 6.67. The number of benzene rings is 2. The zero-order valence-corrected chi connectivity index (χ0v) is 21.6. The van der Waals surface area contributed by atoms with E-state index in [4.69, 9.17) is 23.7 Å².